The van der Waals surface area contributed by atoms with Gasteiger partial charge in [-0.25, -0.2) is 9.82 Å². The Kier molecular flexibility index (Phi) is 9.54. The van der Waals surface area contributed by atoms with E-state index in [1.165, 1.54) is 18.3 Å². The fourth-order valence-electron chi connectivity index (χ4n) is 3.00. The number of benzene rings is 3. The molecule has 3 aromatic rings. The molecule has 36 heavy (non-hydrogen) atoms. The van der Waals surface area contributed by atoms with E-state index in [9.17, 15) is 14.0 Å². The minimum absolute atomic E-state index is 0.207. The predicted octanol–water partition coefficient (Wildman–Crippen LogP) is 4.72. The molecule has 184 valence electrons. The molecule has 0 unspecified atom stereocenters. The maximum atomic E-state index is 13.1. The second-order valence-corrected chi connectivity index (χ2v) is 8.22. The Morgan fingerprint density at radius 1 is 1.06 bits per heavy atom. The van der Waals surface area contributed by atoms with Crippen LogP contribution in [0.5, 0.6) is 11.5 Å². The zero-order valence-corrected chi connectivity index (χ0v) is 20.8. The van der Waals surface area contributed by atoms with Crippen LogP contribution in [0.2, 0.25) is 0 Å². The molecule has 0 heterocycles. The number of rotatable bonds is 9. The molecule has 0 atom stereocenters. The molecule has 0 bridgehead atoms. The van der Waals surface area contributed by atoms with Crippen LogP contribution in [-0.2, 0) is 22.6 Å². The normalized spacial score (nSPS) is 10.5. The first-order valence-corrected chi connectivity index (χ1v) is 11.6. The quantitative estimate of drug-likeness (QED) is 0.226. The van der Waals surface area contributed by atoms with E-state index in [1.54, 1.807) is 48.5 Å². The van der Waals surface area contributed by atoms with E-state index in [-0.39, 0.29) is 18.8 Å². The highest BCUT2D eigenvalue weighted by molar-refractivity contribution is 9.10. The van der Waals surface area contributed by atoms with Crippen LogP contribution in [0.15, 0.2) is 70.2 Å². The molecular weight excluding hydrogens is 531 g/mol. The first-order chi connectivity index (χ1) is 17.4. The molecule has 2 N–H and O–H groups in total. The highest BCUT2D eigenvalue weighted by Crippen LogP contribution is 2.37. The second kappa shape index (κ2) is 13.0. The third kappa shape index (κ3) is 7.65. The van der Waals surface area contributed by atoms with Crippen molar-refractivity contribution in [2.75, 3.05) is 11.9 Å². The number of carbonyl (C=O) groups excluding carboxylic acids is 2. The van der Waals surface area contributed by atoms with Gasteiger partial charge in [0.2, 0.25) is 0 Å². The minimum Gasteiger partial charge on any atom is -0.490 e. The van der Waals surface area contributed by atoms with Gasteiger partial charge in [-0.15, -0.1) is 0 Å². The Morgan fingerprint density at radius 2 is 1.75 bits per heavy atom. The summed E-state index contributed by atoms with van der Waals surface area (Å²) in [6.45, 7) is 2.42. The van der Waals surface area contributed by atoms with Crippen LogP contribution in [0.25, 0.3) is 0 Å². The van der Waals surface area contributed by atoms with Crippen molar-refractivity contribution >= 4 is 39.6 Å². The standard InChI is InChI=1S/C26H22BrFN4O4/c1-2-35-23-14-19(13-22(27)24(23)36-16-18-3-7-20(28)8-4-18)15-30-32-26(34)25(33)31-21-9-5-17(6-10-21)11-12-29/h3-10,13-15H,2,11,16H2,1H3,(H,31,33)(H,32,34)/b30-15+. The Balaban J connectivity index is 1.61. The second-order valence-electron chi connectivity index (χ2n) is 7.36. The van der Waals surface area contributed by atoms with E-state index in [1.807, 2.05) is 13.0 Å². The van der Waals surface area contributed by atoms with Crippen molar-refractivity contribution in [2.24, 2.45) is 5.10 Å². The van der Waals surface area contributed by atoms with Crippen molar-refractivity contribution in [1.29, 1.82) is 5.26 Å². The third-order valence-corrected chi connectivity index (χ3v) is 5.30. The van der Waals surface area contributed by atoms with E-state index < -0.39 is 11.8 Å². The van der Waals surface area contributed by atoms with Gasteiger partial charge in [-0.3, -0.25) is 9.59 Å². The maximum absolute atomic E-state index is 13.1. The molecule has 0 spiro atoms. The lowest BCUT2D eigenvalue weighted by Gasteiger charge is -2.14. The lowest BCUT2D eigenvalue weighted by Crippen LogP contribution is -2.32. The average Bonchev–Trinajstić information content (AvgIpc) is 2.86. The summed E-state index contributed by atoms with van der Waals surface area (Å²) in [5.74, 6) is -1.26. The maximum Gasteiger partial charge on any atom is 0.329 e. The molecule has 3 aromatic carbocycles. The number of nitrogens with zero attached hydrogens (tertiary/aromatic N) is 2. The fourth-order valence-corrected chi connectivity index (χ4v) is 3.58. The van der Waals surface area contributed by atoms with Crippen LogP contribution in [0, 0.1) is 17.1 Å². The molecule has 8 nitrogen and oxygen atoms in total. The summed E-state index contributed by atoms with van der Waals surface area (Å²) >= 11 is 3.45. The first-order valence-electron chi connectivity index (χ1n) is 10.8. The van der Waals surface area contributed by atoms with Crippen molar-refractivity contribution in [3.63, 3.8) is 0 Å². The van der Waals surface area contributed by atoms with Crippen molar-refractivity contribution < 1.29 is 23.5 Å². The topological polar surface area (TPSA) is 113 Å². The summed E-state index contributed by atoms with van der Waals surface area (Å²) in [6, 6.07) is 18.0. The molecule has 0 aliphatic heterocycles. The fraction of sp³-hybridized carbons (Fsp3) is 0.154. The minimum atomic E-state index is -0.948. The number of anilines is 1. The van der Waals surface area contributed by atoms with E-state index in [2.05, 4.69) is 31.8 Å². The number of hydrogen-bond acceptors (Lipinski definition) is 6. The smallest absolute Gasteiger partial charge is 0.329 e. The van der Waals surface area contributed by atoms with Gasteiger partial charge in [-0.1, -0.05) is 24.3 Å². The molecule has 10 heteroatoms. The van der Waals surface area contributed by atoms with Gasteiger partial charge in [0.1, 0.15) is 12.4 Å². The van der Waals surface area contributed by atoms with Gasteiger partial charge in [0.15, 0.2) is 11.5 Å². The number of carbonyl (C=O) groups is 2. The number of amides is 2. The Morgan fingerprint density at radius 3 is 2.42 bits per heavy atom. The SMILES string of the molecule is CCOc1cc(/C=N/NC(=O)C(=O)Nc2ccc(CC#N)cc2)cc(Br)c1OCc1ccc(F)cc1. The molecular formula is C26H22BrFN4O4. The number of halogens is 2. The van der Waals surface area contributed by atoms with Gasteiger partial charge in [0.05, 0.1) is 29.8 Å². The van der Waals surface area contributed by atoms with Crippen LogP contribution in [0.3, 0.4) is 0 Å². The zero-order chi connectivity index (χ0) is 25.9. The molecule has 3 rings (SSSR count). The summed E-state index contributed by atoms with van der Waals surface area (Å²) in [5.41, 5.74) is 4.76. The van der Waals surface area contributed by atoms with Crippen molar-refractivity contribution in [3.8, 4) is 17.6 Å². The summed E-state index contributed by atoms with van der Waals surface area (Å²) in [6.07, 6.45) is 1.62. The zero-order valence-electron chi connectivity index (χ0n) is 19.3. The Hall–Kier alpha value is -4.23. The van der Waals surface area contributed by atoms with Gasteiger partial charge < -0.3 is 14.8 Å². The molecule has 0 saturated carbocycles. The van der Waals surface area contributed by atoms with Crippen molar-refractivity contribution in [2.45, 2.75) is 20.0 Å². The molecule has 2 amide bonds. The van der Waals surface area contributed by atoms with E-state index in [0.717, 1.165) is 11.1 Å². The Bertz CT molecular complexity index is 1290. The predicted molar refractivity (Wildman–Crippen MR) is 136 cm³/mol. The summed E-state index contributed by atoms with van der Waals surface area (Å²) in [5, 5.41) is 15.0. The van der Waals surface area contributed by atoms with Crippen LogP contribution in [0.1, 0.15) is 23.6 Å². The van der Waals surface area contributed by atoms with Crippen LogP contribution < -0.4 is 20.2 Å². The lowest BCUT2D eigenvalue weighted by molar-refractivity contribution is -0.136. The first kappa shape index (κ1) is 26.4. The number of nitrogens with one attached hydrogen (secondary N) is 2. The van der Waals surface area contributed by atoms with Crippen LogP contribution in [0.4, 0.5) is 10.1 Å². The summed E-state index contributed by atoms with van der Waals surface area (Å²) < 4.78 is 25.3. The van der Waals surface area contributed by atoms with Crippen molar-refractivity contribution in [1.82, 2.24) is 5.43 Å². The molecule has 0 aliphatic rings. The van der Waals surface area contributed by atoms with Gasteiger partial charge in [-0.2, -0.15) is 10.4 Å². The number of hydrogen-bond donors (Lipinski definition) is 2. The molecule has 0 saturated heterocycles. The van der Waals surface area contributed by atoms with Crippen LogP contribution >= 0.6 is 15.9 Å². The van der Waals surface area contributed by atoms with Crippen molar-refractivity contribution in [3.05, 3.63) is 87.6 Å². The molecule has 0 radical (unpaired) electrons. The van der Waals surface area contributed by atoms with E-state index >= 15 is 0 Å². The monoisotopic (exact) mass is 552 g/mol. The lowest BCUT2D eigenvalue weighted by atomic mass is 10.1. The van der Waals surface area contributed by atoms with Gasteiger partial charge in [-0.05, 0) is 75.9 Å². The highest BCUT2D eigenvalue weighted by Gasteiger charge is 2.14. The van der Waals surface area contributed by atoms with Gasteiger partial charge in [0.25, 0.3) is 0 Å². The number of ether oxygens (including phenoxy) is 2. The summed E-state index contributed by atoms with van der Waals surface area (Å²) in [7, 11) is 0. The largest absolute Gasteiger partial charge is 0.490 e. The van der Waals surface area contributed by atoms with E-state index in [4.69, 9.17) is 14.7 Å². The van der Waals surface area contributed by atoms with Gasteiger partial charge >= 0.3 is 11.8 Å². The Labute approximate surface area is 215 Å². The molecule has 0 aliphatic carbocycles. The molecule has 0 aromatic heterocycles. The van der Waals surface area contributed by atoms with Crippen LogP contribution in [-0.4, -0.2) is 24.6 Å². The average molecular weight is 553 g/mol. The third-order valence-electron chi connectivity index (χ3n) is 4.71. The van der Waals surface area contributed by atoms with E-state index in [0.29, 0.717) is 33.8 Å². The molecule has 0 fully saturated rings. The highest BCUT2D eigenvalue weighted by atomic mass is 79.9. The number of hydrazone groups is 1. The number of nitriles is 1. The van der Waals surface area contributed by atoms with Gasteiger partial charge in [0, 0.05) is 5.69 Å². The summed E-state index contributed by atoms with van der Waals surface area (Å²) in [4.78, 5) is 24.2.